The summed E-state index contributed by atoms with van der Waals surface area (Å²) in [7, 11) is 0. The quantitative estimate of drug-likeness (QED) is 0.698. The van der Waals surface area contributed by atoms with E-state index < -0.39 is 14.1 Å². The predicted molar refractivity (Wildman–Crippen MR) is 85.1 cm³/mol. The fourth-order valence-electron chi connectivity index (χ4n) is 2.71. The lowest BCUT2D eigenvalue weighted by atomic mass is 10.1. The first-order valence-electron chi connectivity index (χ1n) is 6.92. The lowest BCUT2D eigenvalue weighted by Gasteiger charge is -2.06. The Bertz CT molecular complexity index is 609. The molecule has 0 aliphatic carbocycles. The van der Waals surface area contributed by atoms with E-state index in [9.17, 15) is 0 Å². The second-order valence-corrected chi connectivity index (χ2v) is 7.95. The molecule has 0 unspecified atom stereocenters. The average Bonchev–Trinajstić information content (AvgIpc) is 2.93. The van der Waals surface area contributed by atoms with Gasteiger partial charge in [-0.3, -0.25) is 0 Å². The van der Waals surface area contributed by atoms with Crippen molar-refractivity contribution in [3.8, 4) is 0 Å². The summed E-state index contributed by atoms with van der Waals surface area (Å²) >= 11 is -0.930. The maximum atomic E-state index is 2.54. The van der Waals surface area contributed by atoms with E-state index in [-0.39, 0.29) is 0 Å². The van der Waals surface area contributed by atoms with Crippen LogP contribution in [0.1, 0.15) is 18.1 Å². The van der Waals surface area contributed by atoms with E-state index in [1.165, 1.54) is 22.0 Å². The standard InChI is InChI=1S/C16H12.C2H5.Al/c1-14(16-10-6-3-7-11-16)12-13-15-8-4-2-5-9-15;1-2;/h1-12H;1H2,2H3;. The van der Waals surface area contributed by atoms with Crippen molar-refractivity contribution in [2.45, 2.75) is 12.2 Å². The molecule has 1 aliphatic heterocycles. The SMILES string of the molecule is C[CH2][Al]1[CH]=C(c2ccccc2)C=[C]1c1ccccc1. The molecule has 0 saturated carbocycles. The summed E-state index contributed by atoms with van der Waals surface area (Å²) in [6.45, 7) is 2.32. The molecule has 0 N–H and O–H groups in total. The van der Waals surface area contributed by atoms with Gasteiger partial charge in [-0.15, -0.1) is 4.94 Å². The molecule has 1 heteroatoms. The molecule has 3 rings (SSSR count). The number of benzene rings is 2. The van der Waals surface area contributed by atoms with Crippen molar-refractivity contribution in [1.29, 1.82) is 0 Å². The molecule has 0 spiro atoms. The zero-order valence-corrected chi connectivity index (χ0v) is 12.4. The smallest absolute Gasteiger partial charge is 0.132 e. The third-order valence-corrected chi connectivity index (χ3v) is 6.69. The van der Waals surface area contributed by atoms with E-state index in [0.29, 0.717) is 0 Å². The maximum absolute atomic E-state index is 2.54. The minimum Gasteiger partial charge on any atom is -0.132 e. The summed E-state index contributed by atoms with van der Waals surface area (Å²) in [4.78, 5) is 2.54. The fraction of sp³-hybridized carbons (Fsp3) is 0.111. The Hall–Kier alpha value is -1.55. The number of allylic oxidation sites excluding steroid dienone is 2. The zero-order valence-electron chi connectivity index (χ0n) is 11.2. The summed E-state index contributed by atoms with van der Waals surface area (Å²) in [5, 5.41) is 1.29. The van der Waals surface area contributed by atoms with E-state index in [0.717, 1.165) is 0 Å². The molecule has 0 fully saturated rings. The Balaban J connectivity index is 1.99. The highest BCUT2D eigenvalue weighted by molar-refractivity contribution is 6.85. The first-order chi connectivity index (χ1) is 9.38. The van der Waals surface area contributed by atoms with Gasteiger partial charge in [-0.2, -0.15) is 0 Å². The highest BCUT2D eigenvalue weighted by Crippen LogP contribution is 2.32. The van der Waals surface area contributed by atoms with Crippen molar-refractivity contribution in [3.05, 3.63) is 82.8 Å². The van der Waals surface area contributed by atoms with Crippen molar-refractivity contribution >= 4 is 24.2 Å². The Labute approximate surface area is 119 Å². The van der Waals surface area contributed by atoms with Crippen LogP contribution in [0.2, 0.25) is 5.28 Å². The summed E-state index contributed by atoms with van der Waals surface area (Å²) in [5.74, 6) is 0. The highest BCUT2D eigenvalue weighted by atomic mass is 27.2. The van der Waals surface area contributed by atoms with Crippen molar-refractivity contribution in [3.63, 3.8) is 0 Å². The van der Waals surface area contributed by atoms with Crippen molar-refractivity contribution in [1.82, 2.24) is 0 Å². The monoisotopic (exact) mass is 260 g/mol. The molecular formula is C18H17Al. The van der Waals surface area contributed by atoms with Gasteiger partial charge in [0.1, 0.15) is 0 Å². The Morgan fingerprint density at radius 2 is 1.37 bits per heavy atom. The predicted octanol–water partition coefficient (Wildman–Crippen LogP) is 4.76. The molecule has 1 heterocycles. The van der Waals surface area contributed by atoms with E-state index in [2.05, 4.69) is 78.6 Å². The molecule has 0 nitrogen and oxygen atoms in total. The molecule has 0 saturated heterocycles. The van der Waals surface area contributed by atoms with Gasteiger partial charge in [0.25, 0.3) is 0 Å². The summed E-state index contributed by atoms with van der Waals surface area (Å²) < 4.78 is 1.59. The largest absolute Gasteiger partial charge is 0.337 e. The number of hydrogen-bond acceptors (Lipinski definition) is 0. The van der Waals surface area contributed by atoms with Crippen LogP contribution < -0.4 is 0 Å². The lowest BCUT2D eigenvalue weighted by Crippen LogP contribution is -2.08. The van der Waals surface area contributed by atoms with Gasteiger partial charge >= 0.3 is 14.1 Å². The molecule has 2 aromatic rings. The number of rotatable bonds is 3. The third-order valence-electron chi connectivity index (χ3n) is 3.75. The van der Waals surface area contributed by atoms with Gasteiger partial charge < -0.3 is 0 Å². The van der Waals surface area contributed by atoms with Gasteiger partial charge in [0.2, 0.25) is 0 Å². The maximum Gasteiger partial charge on any atom is 0.337 e. The summed E-state index contributed by atoms with van der Waals surface area (Å²) in [6.07, 6.45) is 2.41. The molecule has 19 heavy (non-hydrogen) atoms. The van der Waals surface area contributed by atoms with Crippen molar-refractivity contribution in [2.75, 3.05) is 0 Å². The summed E-state index contributed by atoms with van der Waals surface area (Å²) in [6, 6.07) is 21.6. The molecule has 1 aliphatic rings. The van der Waals surface area contributed by atoms with Crippen molar-refractivity contribution in [2.24, 2.45) is 0 Å². The van der Waals surface area contributed by atoms with Crippen LogP contribution >= 0.6 is 0 Å². The van der Waals surface area contributed by atoms with Crippen molar-refractivity contribution < 1.29 is 0 Å². The molecule has 0 amide bonds. The zero-order chi connectivity index (χ0) is 13.1. The molecule has 92 valence electrons. The summed E-state index contributed by atoms with van der Waals surface area (Å²) in [5.41, 5.74) is 4.17. The van der Waals surface area contributed by atoms with Gasteiger partial charge in [-0.1, -0.05) is 83.4 Å². The first kappa shape index (κ1) is 12.5. The van der Waals surface area contributed by atoms with Gasteiger partial charge in [-0.25, -0.2) is 0 Å². The highest BCUT2D eigenvalue weighted by Gasteiger charge is 2.25. The van der Waals surface area contributed by atoms with Crippen LogP contribution in [-0.4, -0.2) is 14.1 Å². The average molecular weight is 260 g/mol. The van der Waals surface area contributed by atoms with Gasteiger partial charge in [-0.05, 0) is 16.7 Å². The van der Waals surface area contributed by atoms with Crippen LogP contribution in [0.15, 0.2) is 71.7 Å². The van der Waals surface area contributed by atoms with Crippen LogP contribution in [0.3, 0.4) is 0 Å². The van der Waals surface area contributed by atoms with E-state index >= 15 is 0 Å². The molecule has 0 radical (unpaired) electrons. The van der Waals surface area contributed by atoms with Gasteiger partial charge in [0.15, 0.2) is 0 Å². The molecule has 0 aromatic heterocycles. The minimum atomic E-state index is -0.930. The van der Waals surface area contributed by atoms with Crippen LogP contribution in [0.5, 0.6) is 0 Å². The second kappa shape index (κ2) is 5.61. The van der Waals surface area contributed by atoms with E-state index in [1.54, 1.807) is 4.44 Å². The Kier molecular flexibility index (Phi) is 3.69. The Morgan fingerprint density at radius 1 is 0.789 bits per heavy atom. The molecule has 0 bridgehead atoms. The van der Waals surface area contributed by atoms with E-state index in [1.807, 2.05) is 0 Å². The fourth-order valence-corrected chi connectivity index (χ4v) is 5.30. The van der Waals surface area contributed by atoms with Gasteiger partial charge in [0, 0.05) is 0 Å². The second-order valence-electron chi connectivity index (χ2n) is 4.97. The third kappa shape index (κ3) is 2.59. The molecular weight excluding hydrogens is 243 g/mol. The van der Waals surface area contributed by atoms with Crippen LogP contribution in [-0.2, 0) is 0 Å². The van der Waals surface area contributed by atoms with Crippen LogP contribution in [0.4, 0.5) is 0 Å². The molecule has 2 aromatic carbocycles. The Morgan fingerprint density at radius 3 is 1.95 bits per heavy atom. The first-order valence-corrected chi connectivity index (χ1v) is 8.99. The number of hydrogen-bond donors (Lipinski definition) is 0. The molecule has 0 atom stereocenters. The van der Waals surface area contributed by atoms with Gasteiger partial charge in [0.05, 0.1) is 0 Å². The minimum absolute atomic E-state index is 0.930. The van der Waals surface area contributed by atoms with E-state index in [4.69, 9.17) is 0 Å². The topological polar surface area (TPSA) is 0 Å². The lowest BCUT2D eigenvalue weighted by molar-refractivity contribution is 1.44. The normalized spacial score (nSPS) is 14.3. The van der Waals surface area contributed by atoms with Crippen LogP contribution in [0.25, 0.3) is 10.0 Å². The van der Waals surface area contributed by atoms with Crippen LogP contribution in [0, 0.1) is 0 Å².